The van der Waals surface area contributed by atoms with Crippen molar-refractivity contribution >= 4 is 51.9 Å². The SMILES string of the molecule is Nc1ncc(-c2c(C(=O)Nc3ccc(Cl)c(Cl)c3)c3cc(F)c2o3)cn1. The lowest BCUT2D eigenvalue weighted by molar-refractivity contribution is 0.102. The maximum absolute atomic E-state index is 14.0. The Morgan fingerprint density at radius 2 is 1.88 bits per heavy atom. The van der Waals surface area contributed by atoms with E-state index in [0.29, 0.717) is 21.3 Å². The number of carbonyl (C=O) groups is 1. The summed E-state index contributed by atoms with van der Waals surface area (Å²) >= 11 is 11.8. The number of nitrogens with two attached hydrogens (primary N) is 1. The molecule has 0 unspecified atom stereocenters. The van der Waals surface area contributed by atoms with E-state index < -0.39 is 11.7 Å². The topological polar surface area (TPSA) is 94.0 Å². The molecular weight excluding hydrogens is 382 g/mol. The Morgan fingerprint density at radius 3 is 2.58 bits per heavy atom. The van der Waals surface area contributed by atoms with E-state index in [1.807, 2.05) is 0 Å². The molecule has 2 bridgehead atoms. The lowest BCUT2D eigenvalue weighted by Crippen LogP contribution is -2.13. The minimum Gasteiger partial charge on any atom is -0.453 e. The van der Waals surface area contributed by atoms with Gasteiger partial charge in [0.15, 0.2) is 11.4 Å². The van der Waals surface area contributed by atoms with Crippen LogP contribution in [0.5, 0.6) is 0 Å². The first kappa shape index (κ1) is 16.6. The summed E-state index contributed by atoms with van der Waals surface area (Å²) < 4.78 is 19.4. The molecule has 0 saturated carbocycles. The van der Waals surface area contributed by atoms with Gasteiger partial charge >= 0.3 is 0 Å². The van der Waals surface area contributed by atoms with E-state index in [1.165, 1.54) is 18.5 Å². The molecule has 0 aliphatic rings. The van der Waals surface area contributed by atoms with Crippen LogP contribution in [0.15, 0.2) is 41.1 Å². The molecule has 1 aromatic carbocycles. The fraction of sp³-hybridized carbons (Fsp3) is 0. The zero-order chi connectivity index (χ0) is 18.4. The molecule has 0 atom stereocenters. The highest BCUT2D eigenvalue weighted by Crippen LogP contribution is 2.39. The maximum atomic E-state index is 14.0. The summed E-state index contributed by atoms with van der Waals surface area (Å²) in [4.78, 5) is 20.5. The van der Waals surface area contributed by atoms with Gasteiger partial charge in [-0.25, -0.2) is 14.4 Å². The maximum Gasteiger partial charge on any atom is 0.260 e. The summed E-state index contributed by atoms with van der Waals surface area (Å²) in [5.74, 6) is -1.00. The summed E-state index contributed by atoms with van der Waals surface area (Å²) in [6.45, 7) is 0. The van der Waals surface area contributed by atoms with E-state index in [-0.39, 0.29) is 28.2 Å². The van der Waals surface area contributed by atoms with Crippen molar-refractivity contribution < 1.29 is 13.6 Å². The summed E-state index contributed by atoms with van der Waals surface area (Å²) in [7, 11) is 0. The van der Waals surface area contributed by atoms with Gasteiger partial charge in [-0.15, -0.1) is 0 Å². The van der Waals surface area contributed by atoms with Crippen LogP contribution in [0.1, 0.15) is 10.4 Å². The average Bonchev–Trinajstić information content (AvgIpc) is 3.16. The number of benzene rings is 2. The number of fused-ring (bicyclic) bond motifs is 2. The summed E-state index contributed by atoms with van der Waals surface area (Å²) in [6, 6.07) is 5.82. The summed E-state index contributed by atoms with van der Waals surface area (Å²) in [5, 5.41) is 3.35. The second-order valence-electron chi connectivity index (χ2n) is 5.45. The van der Waals surface area contributed by atoms with Crippen LogP contribution in [0.4, 0.5) is 16.0 Å². The Bertz CT molecular complexity index is 1130. The largest absolute Gasteiger partial charge is 0.453 e. The number of hydrogen-bond acceptors (Lipinski definition) is 5. The molecule has 9 heteroatoms. The normalized spacial score (nSPS) is 11.2. The first-order valence-corrected chi connectivity index (χ1v) is 8.08. The molecule has 3 heterocycles. The van der Waals surface area contributed by atoms with E-state index in [1.54, 1.807) is 12.1 Å². The summed E-state index contributed by atoms with van der Waals surface area (Å²) in [6.07, 6.45) is 2.80. The van der Waals surface area contributed by atoms with Gasteiger partial charge in [0.05, 0.1) is 15.6 Å². The molecule has 3 N–H and O–H groups in total. The third-order valence-electron chi connectivity index (χ3n) is 3.78. The van der Waals surface area contributed by atoms with Gasteiger partial charge in [-0.1, -0.05) is 23.2 Å². The fourth-order valence-electron chi connectivity index (χ4n) is 2.63. The second-order valence-corrected chi connectivity index (χ2v) is 6.27. The van der Waals surface area contributed by atoms with E-state index in [9.17, 15) is 9.18 Å². The third-order valence-corrected chi connectivity index (χ3v) is 4.51. The Balaban J connectivity index is 1.78. The van der Waals surface area contributed by atoms with Crippen molar-refractivity contribution in [3.63, 3.8) is 0 Å². The molecule has 0 aliphatic heterocycles. The van der Waals surface area contributed by atoms with Gasteiger partial charge in [0, 0.05) is 35.3 Å². The number of nitrogen functional groups attached to an aromatic ring is 1. The predicted molar refractivity (Wildman–Crippen MR) is 97.2 cm³/mol. The quantitative estimate of drug-likeness (QED) is 0.532. The molecule has 0 spiro atoms. The van der Waals surface area contributed by atoms with Gasteiger partial charge in [-0.05, 0) is 18.2 Å². The van der Waals surface area contributed by atoms with E-state index in [2.05, 4.69) is 15.3 Å². The monoisotopic (exact) mass is 390 g/mol. The first-order valence-electron chi connectivity index (χ1n) is 7.32. The number of hydrogen-bond donors (Lipinski definition) is 2. The molecule has 0 fully saturated rings. The van der Waals surface area contributed by atoms with Crippen LogP contribution in [0.25, 0.3) is 22.3 Å². The first-order chi connectivity index (χ1) is 12.4. The molecule has 3 aromatic heterocycles. The van der Waals surface area contributed by atoms with Gasteiger partial charge in [-0.2, -0.15) is 0 Å². The van der Waals surface area contributed by atoms with Gasteiger partial charge in [0.1, 0.15) is 5.58 Å². The zero-order valence-electron chi connectivity index (χ0n) is 12.9. The number of furan rings is 2. The predicted octanol–water partition coefficient (Wildman–Crippen LogP) is 4.61. The van der Waals surface area contributed by atoms with Crippen LogP contribution in [0.2, 0.25) is 10.0 Å². The van der Waals surface area contributed by atoms with Crippen molar-refractivity contribution in [1.29, 1.82) is 0 Å². The summed E-state index contributed by atoms with van der Waals surface area (Å²) in [5.41, 5.74) is 6.82. The minimum absolute atomic E-state index is 0.0485. The van der Waals surface area contributed by atoms with Gasteiger partial charge in [-0.3, -0.25) is 4.79 Å². The molecule has 130 valence electrons. The molecule has 1 amide bonds. The molecule has 4 rings (SSSR count). The Hall–Kier alpha value is -2.90. The highest BCUT2D eigenvalue weighted by Gasteiger charge is 2.28. The number of anilines is 2. The van der Waals surface area contributed by atoms with E-state index in [4.69, 9.17) is 33.4 Å². The number of amides is 1. The van der Waals surface area contributed by atoms with Crippen LogP contribution < -0.4 is 11.1 Å². The van der Waals surface area contributed by atoms with Crippen molar-refractivity contribution in [2.24, 2.45) is 0 Å². The second kappa shape index (κ2) is 6.12. The average molecular weight is 391 g/mol. The molecule has 0 saturated heterocycles. The van der Waals surface area contributed by atoms with Gasteiger partial charge in [0.25, 0.3) is 5.91 Å². The molecule has 6 nitrogen and oxygen atoms in total. The number of nitrogens with zero attached hydrogens (tertiary/aromatic N) is 2. The number of rotatable bonds is 3. The van der Waals surface area contributed by atoms with Crippen LogP contribution in [-0.4, -0.2) is 15.9 Å². The number of aromatic nitrogens is 2. The number of carbonyl (C=O) groups excluding carboxylic acids is 1. The van der Waals surface area contributed by atoms with E-state index >= 15 is 0 Å². The molecule has 26 heavy (non-hydrogen) atoms. The van der Waals surface area contributed by atoms with Crippen LogP contribution >= 0.6 is 23.2 Å². The van der Waals surface area contributed by atoms with Crippen molar-refractivity contribution in [3.8, 4) is 11.1 Å². The fourth-order valence-corrected chi connectivity index (χ4v) is 2.93. The van der Waals surface area contributed by atoms with Crippen LogP contribution in [0.3, 0.4) is 0 Å². The van der Waals surface area contributed by atoms with Crippen molar-refractivity contribution in [1.82, 2.24) is 9.97 Å². The van der Waals surface area contributed by atoms with Gasteiger partial charge < -0.3 is 15.5 Å². The lowest BCUT2D eigenvalue weighted by atomic mass is 10.0. The zero-order valence-corrected chi connectivity index (χ0v) is 14.4. The lowest BCUT2D eigenvalue weighted by Gasteiger charge is -2.08. The molecule has 4 aromatic rings. The highest BCUT2D eigenvalue weighted by atomic mass is 35.5. The number of nitrogens with one attached hydrogen (secondary N) is 1. The molecule has 0 aliphatic carbocycles. The standard InChI is InChI=1S/C17H9Cl2FN4O2/c18-9-2-1-8(3-10(9)19)24-16(25)14-12-4-11(20)15(26-12)13(14)7-5-22-17(21)23-6-7/h1-6H,(H,24,25)(H2,21,22,23). The molecule has 0 radical (unpaired) electrons. The Morgan fingerprint density at radius 1 is 1.15 bits per heavy atom. The van der Waals surface area contributed by atoms with E-state index in [0.717, 1.165) is 6.07 Å². The van der Waals surface area contributed by atoms with Crippen LogP contribution in [-0.2, 0) is 0 Å². The van der Waals surface area contributed by atoms with Crippen molar-refractivity contribution in [2.75, 3.05) is 11.1 Å². The smallest absolute Gasteiger partial charge is 0.260 e. The minimum atomic E-state index is -0.571. The van der Waals surface area contributed by atoms with Crippen LogP contribution in [0, 0.1) is 5.82 Å². The Kier molecular flexibility index (Phi) is 3.90. The Labute approximate surface area is 156 Å². The van der Waals surface area contributed by atoms with Crippen molar-refractivity contribution in [3.05, 3.63) is 58.1 Å². The number of halogens is 3. The third kappa shape index (κ3) is 2.71. The van der Waals surface area contributed by atoms with Crippen molar-refractivity contribution in [2.45, 2.75) is 0 Å². The molecular formula is C17H9Cl2FN4O2. The van der Waals surface area contributed by atoms with Gasteiger partial charge in [0.2, 0.25) is 5.95 Å². The highest BCUT2D eigenvalue weighted by molar-refractivity contribution is 6.42.